The Balaban J connectivity index is 2.39. The van der Waals surface area contributed by atoms with Crippen molar-refractivity contribution in [2.75, 3.05) is 6.61 Å². The van der Waals surface area contributed by atoms with Crippen LogP contribution < -0.4 is 10.5 Å². The molecule has 0 fully saturated rings. The molecule has 3 nitrogen and oxygen atoms in total. The van der Waals surface area contributed by atoms with Crippen LogP contribution in [0.3, 0.4) is 0 Å². The maximum absolute atomic E-state index is 12.6. The van der Waals surface area contributed by atoms with Crippen molar-refractivity contribution in [3.05, 3.63) is 47.5 Å². The summed E-state index contributed by atoms with van der Waals surface area (Å²) in [5, 5.41) is 0. The largest absolute Gasteiger partial charge is 0.478 e. The Kier molecular flexibility index (Phi) is 4.47. The number of nitrogens with two attached hydrogens (primary N) is 1. The molecule has 0 aliphatic rings. The lowest BCUT2D eigenvalue weighted by atomic mass is 10.1. The van der Waals surface area contributed by atoms with Crippen molar-refractivity contribution in [2.45, 2.75) is 19.6 Å². The molecule has 0 atom stereocenters. The molecular formula is C15H15F3N2O. The maximum Gasteiger partial charge on any atom is 0.416 e. The van der Waals surface area contributed by atoms with Crippen LogP contribution in [0, 0.1) is 0 Å². The molecule has 2 aromatic rings. The zero-order chi connectivity index (χ0) is 15.5. The minimum Gasteiger partial charge on any atom is -0.478 e. The highest BCUT2D eigenvalue weighted by molar-refractivity contribution is 5.61. The van der Waals surface area contributed by atoms with E-state index in [0.29, 0.717) is 30.3 Å². The molecule has 0 saturated carbocycles. The Morgan fingerprint density at radius 2 is 1.81 bits per heavy atom. The van der Waals surface area contributed by atoms with Crippen LogP contribution in [0.15, 0.2) is 36.4 Å². The van der Waals surface area contributed by atoms with Gasteiger partial charge in [0.15, 0.2) is 0 Å². The fourth-order valence-corrected chi connectivity index (χ4v) is 1.88. The van der Waals surface area contributed by atoms with Gasteiger partial charge >= 0.3 is 6.18 Å². The molecule has 0 saturated heterocycles. The number of hydrogen-bond donors (Lipinski definition) is 1. The van der Waals surface area contributed by atoms with E-state index >= 15 is 0 Å². The van der Waals surface area contributed by atoms with Crippen molar-refractivity contribution >= 4 is 0 Å². The Morgan fingerprint density at radius 3 is 2.33 bits per heavy atom. The number of hydrogen-bond acceptors (Lipinski definition) is 3. The Bertz CT molecular complexity index is 609. The van der Waals surface area contributed by atoms with Gasteiger partial charge in [0, 0.05) is 18.2 Å². The predicted octanol–water partition coefficient (Wildman–Crippen LogP) is 3.62. The van der Waals surface area contributed by atoms with Gasteiger partial charge in [-0.15, -0.1) is 0 Å². The number of nitrogens with zero attached hydrogens (tertiary/aromatic N) is 1. The monoisotopic (exact) mass is 296 g/mol. The molecule has 0 spiro atoms. The third kappa shape index (κ3) is 3.72. The lowest BCUT2D eigenvalue weighted by molar-refractivity contribution is -0.137. The van der Waals surface area contributed by atoms with Crippen LogP contribution in [0.2, 0.25) is 0 Å². The van der Waals surface area contributed by atoms with Crippen molar-refractivity contribution in [3.8, 4) is 17.1 Å². The third-order valence-corrected chi connectivity index (χ3v) is 2.90. The SMILES string of the molecule is CCOc1cc(CN)cc(-c2ccc(C(F)(F)F)cc2)n1. The first-order valence-corrected chi connectivity index (χ1v) is 6.45. The number of pyridine rings is 1. The Morgan fingerprint density at radius 1 is 1.14 bits per heavy atom. The van der Waals surface area contributed by atoms with Crippen molar-refractivity contribution < 1.29 is 17.9 Å². The van der Waals surface area contributed by atoms with E-state index in [2.05, 4.69) is 4.98 Å². The van der Waals surface area contributed by atoms with Crippen molar-refractivity contribution in [3.63, 3.8) is 0 Å². The average molecular weight is 296 g/mol. The minimum atomic E-state index is -4.35. The number of ether oxygens (including phenoxy) is 1. The molecule has 112 valence electrons. The molecule has 0 aliphatic carbocycles. The van der Waals surface area contributed by atoms with E-state index in [-0.39, 0.29) is 0 Å². The number of rotatable bonds is 4. The molecule has 1 heterocycles. The summed E-state index contributed by atoms with van der Waals surface area (Å²) in [5.41, 5.74) is 6.85. The molecule has 0 bridgehead atoms. The fourth-order valence-electron chi connectivity index (χ4n) is 1.88. The van der Waals surface area contributed by atoms with Crippen LogP contribution >= 0.6 is 0 Å². The van der Waals surface area contributed by atoms with Crippen LogP contribution in [0.4, 0.5) is 13.2 Å². The molecule has 0 unspecified atom stereocenters. The van der Waals surface area contributed by atoms with Crippen LogP contribution in [0.5, 0.6) is 5.88 Å². The molecule has 2 N–H and O–H groups in total. The highest BCUT2D eigenvalue weighted by Gasteiger charge is 2.30. The minimum absolute atomic E-state index is 0.302. The maximum atomic E-state index is 12.6. The molecule has 0 amide bonds. The number of aromatic nitrogens is 1. The zero-order valence-electron chi connectivity index (χ0n) is 11.4. The standard InChI is InChI=1S/C15H15F3N2O/c1-2-21-14-8-10(9-19)7-13(20-14)11-3-5-12(6-4-11)15(16,17)18/h3-8H,2,9,19H2,1H3. The van der Waals surface area contributed by atoms with Gasteiger partial charge in [0.1, 0.15) is 0 Å². The summed E-state index contributed by atoms with van der Waals surface area (Å²) < 4.78 is 43.0. The van der Waals surface area contributed by atoms with Crippen LogP contribution in [-0.2, 0) is 12.7 Å². The smallest absolute Gasteiger partial charge is 0.416 e. The lowest BCUT2D eigenvalue weighted by Gasteiger charge is -2.10. The molecule has 6 heteroatoms. The molecule has 1 aromatic carbocycles. The molecule has 2 rings (SSSR count). The topological polar surface area (TPSA) is 48.1 Å². The van der Waals surface area contributed by atoms with Gasteiger partial charge in [0.05, 0.1) is 17.9 Å². The van der Waals surface area contributed by atoms with E-state index in [1.165, 1.54) is 12.1 Å². The van der Waals surface area contributed by atoms with Gasteiger partial charge in [-0.2, -0.15) is 13.2 Å². The second kappa shape index (κ2) is 6.13. The van der Waals surface area contributed by atoms with Crippen LogP contribution in [0.25, 0.3) is 11.3 Å². The van der Waals surface area contributed by atoms with E-state index < -0.39 is 11.7 Å². The molecule has 1 aromatic heterocycles. The van der Waals surface area contributed by atoms with Gasteiger partial charge in [-0.05, 0) is 30.7 Å². The van der Waals surface area contributed by atoms with Gasteiger partial charge in [-0.1, -0.05) is 12.1 Å². The number of alkyl halides is 3. The van der Waals surface area contributed by atoms with Gasteiger partial charge in [0.2, 0.25) is 5.88 Å². The van der Waals surface area contributed by atoms with Crippen molar-refractivity contribution in [1.29, 1.82) is 0 Å². The molecule has 0 radical (unpaired) electrons. The van der Waals surface area contributed by atoms with E-state index in [4.69, 9.17) is 10.5 Å². The Labute approximate surface area is 120 Å². The summed E-state index contributed by atoms with van der Waals surface area (Å²) in [4.78, 5) is 4.27. The summed E-state index contributed by atoms with van der Waals surface area (Å²) in [5.74, 6) is 0.412. The fraction of sp³-hybridized carbons (Fsp3) is 0.267. The molecule has 21 heavy (non-hydrogen) atoms. The summed E-state index contributed by atoms with van der Waals surface area (Å²) >= 11 is 0. The summed E-state index contributed by atoms with van der Waals surface area (Å²) in [6.07, 6.45) is -4.35. The van der Waals surface area contributed by atoms with Gasteiger partial charge in [-0.25, -0.2) is 4.98 Å². The normalized spacial score (nSPS) is 11.5. The third-order valence-electron chi connectivity index (χ3n) is 2.90. The van der Waals surface area contributed by atoms with Gasteiger partial charge in [0.25, 0.3) is 0 Å². The average Bonchev–Trinajstić information content (AvgIpc) is 2.46. The molecular weight excluding hydrogens is 281 g/mol. The summed E-state index contributed by atoms with van der Waals surface area (Å²) in [7, 11) is 0. The quantitative estimate of drug-likeness (QED) is 0.937. The van der Waals surface area contributed by atoms with Crippen LogP contribution in [-0.4, -0.2) is 11.6 Å². The highest BCUT2D eigenvalue weighted by atomic mass is 19.4. The van der Waals surface area contributed by atoms with Crippen LogP contribution in [0.1, 0.15) is 18.1 Å². The van der Waals surface area contributed by atoms with Crippen molar-refractivity contribution in [2.24, 2.45) is 5.73 Å². The van der Waals surface area contributed by atoms with E-state index in [9.17, 15) is 13.2 Å². The van der Waals surface area contributed by atoms with E-state index in [1.807, 2.05) is 6.92 Å². The zero-order valence-corrected chi connectivity index (χ0v) is 11.4. The number of halogens is 3. The second-order valence-corrected chi connectivity index (χ2v) is 4.41. The van der Waals surface area contributed by atoms with Gasteiger partial charge in [-0.3, -0.25) is 0 Å². The molecule has 0 aliphatic heterocycles. The first kappa shape index (κ1) is 15.3. The first-order valence-electron chi connectivity index (χ1n) is 6.45. The van der Waals surface area contributed by atoms with Crippen molar-refractivity contribution in [1.82, 2.24) is 4.98 Å². The highest BCUT2D eigenvalue weighted by Crippen LogP contribution is 2.31. The summed E-state index contributed by atoms with van der Waals surface area (Å²) in [6, 6.07) is 8.31. The lowest BCUT2D eigenvalue weighted by Crippen LogP contribution is -2.04. The number of benzene rings is 1. The summed E-state index contributed by atoms with van der Waals surface area (Å²) in [6.45, 7) is 2.58. The Hall–Kier alpha value is -2.08. The predicted molar refractivity (Wildman–Crippen MR) is 73.7 cm³/mol. The first-order chi connectivity index (χ1) is 9.94. The van der Waals surface area contributed by atoms with E-state index in [1.54, 1.807) is 12.1 Å². The van der Waals surface area contributed by atoms with Gasteiger partial charge < -0.3 is 10.5 Å². The van der Waals surface area contributed by atoms with E-state index in [0.717, 1.165) is 17.7 Å². The second-order valence-electron chi connectivity index (χ2n) is 4.41.